The summed E-state index contributed by atoms with van der Waals surface area (Å²) in [7, 11) is -2.08. The van der Waals surface area contributed by atoms with Crippen molar-refractivity contribution in [3.63, 3.8) is 0 Å². The van der Waals surface area contributed by atoms with Gasteiger partial charge in [0.05, 0.1) is 17.1 Å². The minimum atomic E-state index is -3.63. The molecule has 10 heteroatoms. The number of carbonyl (C=O) groups is 1. The average molecular weight is 407 g/mol. The number of amides is 1. The minimum Gasteiger partial charge on any atom is -0.354 e. The number of sulfonamides is 1. The second-order valence-corrected chi connectivity index (χ2v) is 9.38. The first kappa shape index (κ1) is 19.0. The quantitative estimate of drug-likeness (QED) is 0.830. The fourth-order valence-corrected chi connectivity index (χ4v) is 5.71. The Balaban J connectivity index is 1.47. The highest BCUT2D eigenvalue weighted by atomic mass is 32.2. The summed E-state index contributed by atoms with van der Waals surface area (Å²) in [5.41, 5.74) is 0.253. The largest absolute Gasteiger partial charge is 0.354 e. The van der Waals surface area contributed by atoms with Crippen LogP contribution >= 0.6 is 0 Å². The van der Waals surface area contributed by atoms with Crippen molar-refractivity contribution >= 4 is 15.9 Å². The van der Waals surface area contributed by atoms with Crippen LogP contribution in [0.3, 0.4) is 0 Å². The van der Waals surface area contributed by atoms with E-state index in [4.69, 9.17) is 0 Å². The Morgan fingerprint density at radius 3 is 2.46 bits per heavy atom. The molecule has 1 saturated heterocycles. The van der Waals surface area contributed by atoms with Gasteiger partial charge in [0.1, 0.15) is 5.82 Å². The van der Waals surface area contributed by atoms with Crippen LogP contribution in [0.5, 0.6) is 0 Å². The molecule has 1 N–H and O–H groups in total. The van der Waals surface area contributed by atoms with Crippen molar-refractivity contribution in [3.8, 4) is 0 Å². The molecule has 1 unspecified atom stereocenters. The van der Waals surface area contributed by atoms with Crippen molar-refractivity contribution < 1.29 is 17.6 Å². The summed E-state index contributed by atoms with van der Waals surface area (Å²) in [6.45, 7) is 0.820. The third kappa shape index (κ3) is 3.10. The highest BCUT2D eigenvalue weighted by molar-refractivity contribution is 7.89. The van der Waals surface area contributed by atoms with Gasteiger partial charge < -0.3 is 5.32 Å². The van der Waals surface area contributed by atoms with E-state index in [1.165, 1.54) is 16.4 Å². The van der Waals surface area contributed by atoms with Gasteiger partial charge in [-0.3, -0.25) is 4.79 Å². The molecular weight excluding hydrogens is 385 g/mol. The predicted molar refractivity (Wildman–Crippen MR) is 98.5 cm³/mol. The first-order valence-corrected chi connectivity index (χ1v) is 10.7. The number of benzene rings is 1. The number of hydrogen-bond acceptors (Lipinski definition) is 5. The van der Waals surface area contributed by atoms with Crippen molar-refractivity contribution in [2.24, 2.45) is 5.41 Å². The van der Waals surface area contributed by atoms with Crippen molar-refractivity contribution in [1.29, 1.82) is 0 Å². The van der Waals surface area contributed by atoms with Gasteiger partial charge in [0.15, 0.2) is 5.69 Å². The Kier molecular flexibility index (Phi) is 4.70. The number of carbonyl (C=O) groups excluding carboxylic acids is 1. The molecule has 1 aliphatic carbocycles. The molecule has 1 aromatic carbocycles. The molecule has 1 saturated carbocycles. The van der Waals surface area contributed by atoms with Crippen LogP contribution in [0.15, 0.2) is 35.4 Å². The Morgan fingerprint density at radius 1 is 1.21 bits per heavy atom. The standard InChI is InChI=1S/C18H22FN5O3S/c1-20-17(25)15-12-24(22-21-15)16-6-7-18(16)8-10-23(11-9-18)28(26,27)14-4-2-13(19)3-5-14/h2-5,12,16H,6-11H2,1H3,(H,20,25). The van der Waals surface area contributed by atoms with Gasteiger partial charge in [0, 0.05) is 20.1 Å². The van der Waals surface area contributed by atoms with Gasteiger partial charge in [-0.1, -0.05) is 5.21 Å². The molecule has 150 valence electrons. The lowest BCUT2D eigenvalue weighted by Gasteiger charge is -2.53. The van der Waals surface area contributed by atoms with E-state index in [0.717, 1.165) is 25.0 Å². The molecule has 2 aliphatic rings. The van der Waals surface area contributed by atoms with Gasteiger partial charge in [0.25, 0.3) is 5.91 Å². The van der Waals surface area contributed by atoms with E-state index < -0.39 is 15.8 Å². The monoisotopic (exact) mass is 407 g/mol. The van der Waals surface area contributed by atoms with E-state index >= 15 is 0 Å². The van der Waals surface area contributed by atoms with E-state index in [9.17, 15) is 17.6 Å². The van der Waals surface area contributed by atoms with Crippen molar-refractivity contribution in [1.82, 2.24) is 24.6 Å². The van der Waals surface area contributed by atoms with E-state index in [1.807, 2.05) is 0 Å². The van der Waals surface area contributed by atoms with Gasteiger partial charge in [-0.25, -0.2) is 17.5 Å². The molecular formula is C18H22FN5O3S. The minimum absolute atomic E-state index is 0.0253. The number of halogens is 1. The maximum Gasteiger partial charge on any atom is 0.273 e. The molecule has 2 aromatic rings. The number of nitrogens with one attached hydrogen (secondary N) is 1. The van der Waals surface area contributed by atoms with Crippen LogP contribution < -0.4 is 5.32 Å². The first-order chi connectivity index (χ1) is 13.4. The average Bonchev–Trinajstić information content (AvgIpc) is 3.16. The van der Waals surface area contributed by atoms with E-state index in [0.29, 0.717) is 25.9 Å². The smallest absolute Gasteiger partial charge is 0.273 e. The second kappa shape index (κ2) is 6.93. The number of piperidine rings is 1. The van der Waals surface area contributed by atoms with Gasteiger partial charge in [-0.2, -0.15) is 4.31 Å². The number of rotatable bonds is 4. The molecule has 1 spiro atoms. The van der Waals surface area contributed by atoms with Crippen LogP contribution in [0.2, 0.25) is 0 Å². The van der Waals surface area contributed by atoms with Gasteiger partial charge in [-0.05, 0) is 55.4 Å². The van der Waals surface area contributed by atoms with Crippen molar-refractivity contribution in [3.05, 3.63) is 42.0 Å². The summed E-state index contributed by atoms with van der Waals surface area (Å²) < 4.78 is 41.9. The molecule has 1 aliphatic heterocycles. The van der Waals surface area contributed by atoms with E-state index in [-0.39, 0.29) is 28.0 Å². The highest BCUT2D eigenvalue weighted by Gasteiger charge is 2.51. The first-order valence-electron chi connectivity index (χ1n) is 9.25. The summed E-state index contributed by atoms with van der Waals surface area (Å²) in [4.78, 5) is 11.8. The van der Waals surface area contributed by atoms with Crippen LogP contribution in [-0.2, 0) is 10.0 Å². The zero-order valence-corrected chi connectivity index (χ0v) is 16.3. The molecule has 2 fully saturated rings. The normalized spacial score (nSPS) is 22.0. The molecule has 1 atom stereocenters. The molecule has 0 bridgehead atoms. The third-order valence-corrected chi connectivity index (χ3v) is 7.99. The van der Waals surface area contributed by atoms with Crippen LogP contribution in [0.25, 0.3) is 0 Å². The number of aromatic nitrogens is 3. The maximum absolute atomic E-state index is 13.1. The van der Waals surface area contributed by atoms with Crippen LogP contribution in [0.4, 0.5) is 4.39 Å². The highest BCUT2D eigenvalue weighted by Crippen LogP contribution is 2.56. The topological polar surface area (TPSA) is 97.2 Å². The Bertz CT molecular complexity index is 981. The lowest BCUT2D eigenvalue weighted by molar-refractivity contribution is -0.0160. The molecule has 28 heavy (non-hydrogen) atoms. The molecule has 0 radical (unpaired) electrons. The maximum atomic E-state index is 13.1. The Hall–Kier alpha value is -2.33. The van der Waals surface area contributed by atoms with Crippen molar-refractivity contribution in [2.75, 3.05) is 20.1 Å². The number of hydrogen-bond donors (Lipinski definition) is 1. The fourth-order valence-electron chi connectivity index (χ4n) is 4.27. The van der Waals surface area contributed by atoms with Crippen LogP contribution in [0, 0.1) is 11.2 Å². The summed E-state index contributed by atoms with van der Waals surface area (Å²) in [5.74, 6) is -0.738. The Labute approximate surface area is 162 Å². The summed E-state index contributed by atoms with van der Waals surface area (Å²) in [5, 5.41) is 10.6. The summed E-state index contributed by atoms with van der Waals surface area (Å²) in [6, 6.07) is 5.05. The Morgan fingerprint density at radius 2 is 1.89 bits per heavy atom. The zero-order valence-electron chi connectivity index (χ0n) is 15.5. The molecule has 8 nitrogen and oxygen atoms in total. The van der Waals surface area contributed by atoms with Crippen LogP contribution in [-0.4, -0.2) is 53.8 Å². The van der Waals surface area contributed by atoms with Crippen LogP contribution in [0.1, 0.15) is 42.2 Å². The van der Waals surface area contributed by atoms with Crippen molar-refractivity contribution in [2.45, 2.75) is 36.6 Å². The molecule has 2 heterocycles. The van der Waals surface area contributed by atoms with E-state index in [2.05, 4.69) is 15.6 Å². The van der Waals surface area contributed by atoms with Gasteiger partial charge in [0.2, 0.25) is 10.0 Å². The molecule has 1 aromatic heterocycles. The summed E-state index contributed by atoms with van der Waals surface area (Å²) in [6.07, 6.45) is 5.02. The second-order valence-electron chi connectivity index (χ2n) is 7.44. The SMILES string of the molecule is CNC(=O)c1cn(C2CCC23CCN(S(=O)(=O)c2ccc(F)cc2)CC3)nn1. The van der Waals surface area contributed by atoms with Gasteiger partial charge in [-0.15, -0.1) is 5.10 Å². The zero-order chi connectivity index (χ0) is 19.9. The fraction of sp³-hybridized carbons (Fsp3) is 0.500. The van der Waals surface area contributed by atoms with Gasteiger partial charge >= 0.3 is 0 Å². The van der Waals surface area contributed by atoms with E-state index in [1.54, 1.807) is 17.9 Å². The predicted octanol–water partition coefficient (Wildman–Crippen LogP) is 1.58. The molecule has 1 amide bonds. The lowest BCUT2D eigenvalue weighted by atomic mass is 9.59. The summed E-state index contributed by atoms with van der Waals surface area (Å²) >= 11 is 0. The lowest BCUT2D eigenvalue weighted by Crippen LogP contribution is -2.51. The molecule has 4 rings (SSSR count). The number of nitrogens with zero attached hydrogens (tertiary/aromatic N) is 4. The third-order valence-electron chi connectivity index (χ3n) is 6.08.